The molecule has 41 heavy (non-hydrogen) atoms. The van der Waals surface area contributed by atoms with Gasteiger partial charge in [0.05, 0.1) is 49.0 Å². The number of amides is 2. The topological polar surface area (TPSA) is 120 Å². The number of carbonyl (C=O) groups excluding carboxylic acids is 2. The summed E-state index contributed by atoms with van der Waals surface area (Å²) in [4.78, 5) is 36.9. The lowest BCUT2D eigenvalue weighted by atomic mass is 10.0. The van der Waals surface area contributed by atoms with E-state index in [-0.39, 0.29) is 11.8 Å². The minimum Gasteiger partial charge on any atom is -0.378 e. The molecule has 9 nitrogen and oxygen atoms in total. The minimum atomic E-state index is -0.330. The van der Waals surface area contributed by atoms with Crippen molar-refractivity contribution in [3.8, 4) is 17.2 Å². The summed E-state index contributed by atoms with van der Waals surface area (Å²) in [5.74, 6) is -0.518. The van der Waals surface area contributed by atoms with E-state index in [0.717, 1.165) is 33.9 Å². The van der Waals surface area contributed by atoms with E-state index in [2.05, 4.69) is 31.6 Å². The highest BCUT2D eigenvalue weighted by molar-refractivity contribution is 6.05. The SMILES string of the molecule is Cc1cccc(CNC(=O)c2ccc(-c3cc(NC(=O)c4cc(C#N)cc(N5CCOCC5)c4)cnc3C)cc2)n1. The van der Waals surface area contributed by atoms with Gasteiger partial charge in [-0.05, 0) is 67.9 Å². The molecule has 0 aliphatic carbocycles. The van der Waals surface area contributed by atoms with E-state index in [1.54, 1.807) is 36.5 Å². The standard InChI is InChI=1S/C32H30N6O3/c1-21-4-3-5-27(36-21)19-35-31(39)25-8-6-24(7-9-25)30-17-28(20-34-22(30)2)37-32(40)26-14-23(18-33)15-29(16-26)38-10-12-41-13-11-38/h3-9,14-17,20H,10-13,19H2,1-2H3,(H,35,39)(H,37,40). The molecule has 0 radical (unpaired) electrons. The number of ether oxygens (including phenoxy) is 1. The van der Waals surface area contributed by atoms with Crippen molar-refractivity contribution in [1.29, 1.82) is 5.26 Å². The summed E-state index contributed by atoms with van der Waals surface area (Å²) >= 11 is 0. The molecule has 2 aromatic carbocycles. The van der Waals surface area contributed by atoms with Crippen molar-refractivity contribution in [3.63, 3.8) is 0 Å². The smallest absolute Gasteiger partial charge is 0.255 e. The molecule has 2 N–H and O–H groups in total. The quantitative estimate of drug-likeness (QED) is 0.346. The molecule has 1 aliphatic heterocycles. The first-order valence-electron chi connectivity index (χ1n) is 13.4. The van der Waals surface area contributed by atoms with Gasteiger partial charge in [-0.3, -0.25) is 19.6 Å². The number of pyridine rings is 2. The molecule has 4 aromatic rings. The van der Waals surface area contributed by atoms with Gasteiger partial charge < -0.3 is 20.3 Å². The number of nitriles is 1. The van der Waals surface area contributed by atoms with Crippen LogP contribution in [-0.4, -0.2) is 48.1 Å². The summed E-state index contributed by atoms with van der Waals surface area (Å²) in [7, 11) is 0. The van der Waals surface area contributed by atoms with Crippen LogP contribution in [0.5, 0.6) is 0 Å². The predicted molar refractivity (Wildman–Crippen MR) is 157 cm³/mol. The van der Waals surface area contributed by atoms with Gasteiger partial charge in [0.15, 0.2) is 0 Å². The molecule has 0 atom stereocenters. The Morgan fingerprint density at radius 2 is 1.76 bits per heavy atom. The summed E-state index contributed by atoms with van der Waals surface area (Å²) in [6.07, 6.45) is 1.61. The van der Waals surface area contributed by atoms with Crippen molar-refractivity contribution >= 4 is 23.2 Å². The van der Waals surface area contributed by atoms with Gasteiger partial charge in [0.25, 0.3) is 11.8 Å². The molecule has 9 heteroatoms. The number of nitrogens with one attached hydrogen (secondary N) is 2. The zero-order valence-electron chi connectivity index (χ0n) is 23.0. The second-order valence-corrected chi connectivity index (χ2v) is 9.82. The molecular weight excluding hydrogens is 516 g/mol. The zero-order valence-corrected chi connectivity index (χ0v) is 23.0. The van der Waals surface area contributed by atoms with Gasteiger partial charge >= 0.3 is 0 Å². The van der Waals surface area contributed by atoms with Gasteiger partial charge in [-0.2, -0.15) is 5.26 Å². The predicted octanol–water partition coefficient (Wildman–Crippen LogP) is 4.65. The maximum atomic E-state index is 13.2. The Bertz CT molecular complexity index is 1620. The summed E-state index contributed by atoms with van der Waals surface area (Å²) in [5.41, 5.74) is 6.87. The number of benzene rings is 2. The van der Waals surface area contributed by atoms with Crippen LogP contribution in [0.25, 0.3) is 11.1 Å². The normalized spacial score (nSPS) is 12.9. The van der Waals surface area contributed by atoms with Crippen molar-refractivity contribution in [2.75, 3.05) is 36.5 Å². The Kier molecular flexibility index (Phi) is 8.32. The fraction of sp³-hybridized carbons (Fsp3) is 0.219. The van der Waals surface area contributed by atoms with E-state index < -0.39 is 0 Å². The molecule has 0 unspecified atom stereocenters. The van der Waals surface area contributed by atoms with E-state index in [1.807, 2.05) is 50.2 Å². The Hall–Kier alpha value is -5.07. The molecule has 2 amide bonds. The van der Waals surface area contributed by atoms with Crippen LogP contribution < -0.4 is 15.5 Å². The summed E-state index contributed by atoms with van der Waals surface area (Å²) < 4.78 is 5.43. The van der Waals surface area contributed by atoms with Crippen molar-refractivity contribution in [2.24, 2.45) is 0 Å². The van der Waals surface area contributed by atoms with Crippen LogP contribution in [0.1, 0.15) is 43.4 Å². The number of hydrogen-bond acceptors (Lipinski definition) is 7. The van der Waals surface area contributed by atoms with Crippen LogP contribution >= 0.6 is 0 Å². The third-order valence-corrected chi connectivity index (χ3v) is 6.86. The van der Waals surface area contributed by atoms with E-state index >= 15 is 0 Å². The van der Waals surface area contributed by atoms with Crippen LogP contribution in [0.3, 0.4) is 0 Å². The second-order valence-electron chi connectivity index (χ2n) is 9.82. The van der Waals surface area contributed by atoms with Gasteiger partial charge in [0.2, 0.25) is 0 Å². The van der Waals surface area contributed by atoms with Crippen molar-refractivity contribution in [1.82, 2.24) is 15.3 Å². The Labute approximate surface area is 238 Å². The fourth-order valence-corrected chi connectivity index (χ4v) is 4.68. The van der Waals surface area contributed by atoms with E-state index in [4.69, 9.17) is 4.74 Å². The minimum absolute atomic E-state index is 0.188. The number of carbonyl (C=O) groups is 2. The number of anilines is 2. The van der Waals surface area contributed by atoms with Crippen LogP contribution in [-0.2, 0) is 11.3 Å². The van der Waals surface area contributed by atoms with Crippen molar-refractivity contribution in [3.05, 3.63) is 107 Å². The van der Waals surface area contributed by atoms with Gasteiger partial charge in [0.1, 0.15) is 0 Å². The third kappa shape index (κ3) is 6.75. The molecule has 1 aliphatic rings. The maximum absolute atomic E-state index is 13.2. The highest BCUT2D eigenvalue weighted by atomic mass is 16.5. The van der Waals surface area contributed by atoms with Gasteiger partial charge in [-0.1, -0.05) is 18.2 Å². The fourth-order valence-electron chi connectivity index (χ4n) is 4.68. The lowest BCUT2D eigenvalue weighted by Crippen LogP contribution is -2.36. The number of aryl methyl sites for hydroxylation is 2. The number of hydrogen-bond donors (Lipinski definition) is 2. The molecule has 5 rings (SSSR count). The van der Waals surface area contributed by atoms with Gasteiger partial charge in [-0.15, -0.1) is 0 Å². The summed E-state index contributed by atoms with van der Waals surface area (Å²) in [6, 6.07) is 22.1. The monoisotopic (exact) mass is 546 g/mol. The van der Waals surface area contributed by atoms with Crippen molar-refractivity contribution in [2.45, 2.75) is 20.4 Å². The second kappa shape index (κ2) is 12.4. The maximum Gasteiger partial charge on any atom is 0.255 e. The van der Waals surface area contributed by atoms with E-state index in [9.17, 15) is 14.9 Å². The molecule has 3 heterocycles. The molecule has 1 saturated heterocycles. The highest BCUT2D eigenvalue weighted by Crippen LogP contribution is 2.27. The molecule has 0 saturated carbocycles. The van der Waals surface area contributed by atoms with Crippen LogP contribution in [0.4, 0.5) is 11.4 Å². The van der Waals surface area contributed by atoms with Crippen LogP contribution in [0, 0.1) is 25.2 Å². The first-order valence-corrected chi connectivity index (χ1v) is 13.4. The molecule has 0 spiro atoms. The first-order chi connectivity index (χ1) is 19.9. The number of rotatable bonds is 7. The van der Waals surface area contributed by atoms with Crippen LogP contribution in [0.15, 0.2) is 72.9 Å². The lowest BCUT2D eigenvalue weighted by Gasteiger charge is -2.29. The van der Waals surface area contributed by atoms with Crippen LogP contribution in [0.2, 0.25) is 0 Å². The Morgan fingerprint density at radius 3 is 2.49 bits per heavy atom. The third-order valence-electron chi connectivity index (χ3n) is 6.86. The highest BCUT2D eigenvalue weighted by Gasteiger charge is 2.16. The number of nitrogens with zero attached hydrogens (tertiary/aromatic N) is 4. The first kappa shape index (κ1) is 27.5. The Morgan fingerprint density at radius 1 is 0.976 bits per heavy atom. The molecule has 206 valence electrons. The molecular formula is C32H30N6O3. The largest absolute Gasteiger partial charge is 0.378 e. The zero-order chi connectivity index (χ0) is 28.8. The molecule has 1 fully saturated rings. The van der Waals surface area contributed by atoms with Gasteiger partial charge in [-0.25, -0.2) is 0 Å². The number of morpholine rings is 1. The lowest BCUT2D eigenvalue weighted by molar-refractivity contribution is 0.0949. The van der Waals surface area contributed by atoms with E-state index in [0.29, 0.717) is 55.2 Å². The van der Waals surface area contributed by atoms with Gasteiger partial charge in [0, 0.05) is 46.9 Å². The molecule has 0 bridgehead atoms. The summed E-state index contributed by atoms with van der Waals surface area (Å²) in [6.45, 7) is 6.76. The Balaban J connectivity index is 1.29. The number of aromatic nitrogens is 2. The molecule has 2 aromatic heterocycles. The van der Waals surface area contributed by atoms with Crippen molar-refractivity contribution < 1.29 is 14.3 Å². The van der Waals surface area contributed by atoms with E-state index in [1.165, 1.54) is 0 Å². The average molecular weight is 547 g/mol. The average Bonchev–Trinajstić information content (AvgIpc) is 3.01. The summed E-state index contributed by atoms with van der Waals surface area (Å²) in [5, 5.41) is 15.4.